The van der Waals surface area contributed by atoms with E-state index in [1.54, 1.807) is 0 Å². The van der Waals surface area contributed by atoms with Crippen molar-refractivity contribution in [1.29, 1.82) is 0 Å². The average molecular weight is 351 g/mol. The molecule has 24 heavy (non-hydrogen) atoms. The van der Waals surface area contributed by atoms with Crippen LogP contribution in [0.2, 0.25) is 0 Å². The molecule has 0 aromatic carbocycles. The van der Waals surface area contributed by atoms with Crippen LogP contribution in [0.25, 0.3) is 0 Å². The van der Waals surface area contributed by atoms with E-state index < -0.39 is 12.0 Å². The molecule has 1 saturated heterocycles. The van der Waals surface area contributed by atoms with E-state index in [4.69, 9.17) is 5.11 Å². The van der Waals surface area contributed by atoms with Crippen molar-refractivity contribution in [3.05, 3.63) is 29.6 Å². The highest BCUT2D eigenvalue weighted by Crippen LogP contribution is 2.23. The number of pyridine rings is 1. The summed E-state index contributed by atoms with van der Waals surface area (Å²) in [5.74, 6) is -0.118. The van der Waals surface area contributed by atoms with E-state index in [1.807, 2.05) is 0 Å². The quantitative estimate of drug-likeness (QED) is 0.805. The maximum absolute atomic E-state index is 12.6. The van der Waals surface area contributed by atoms with Crippen LogP contribution in [0, 0.1) is 5.92 Å². The molecule has 1 atom stereocenters. The Morgan fingerprint density at radius 3 is 2.75 bits per heavy atom. The molecule has 2 N–H and O–H groups in total. The topological polar surface area (TPSA) is 99.6 Å². The van der Waals surface area contributed by atoms with Gasteiger partial charge in [0.15, 0.2) is 0 Å². The van der Waals surface area contributed by atoms with Gasteiger partial charge in [-0.3, -0.25) is 9.59 Å². The predicted molar refractivity (Wildman–Crippen MR) is 90.9 cm³/mol. The fraction of sp³-hybridized carbons (Fsp3) is 0.500. The Kier molecular flexibility index (Phi) is 6.19. The number of amides is 2. The Hall–Kier alpha value is -2.09. The number of carbonyl (C=O) groups is 3. The number of aromatic carboxylic acids is 1. The minimum absolute atomic E-state index is 0.120. The second kappa shape index (κ2) is 8.14. The predicted octanol–water partition coefficient (Wildman–Crippen LogP) is 1.46. The lowest BCUT2D eigenvalue weighted by atomic mass is 10.1. The van der Waals surface area contributed by atoms with Crippen LogP contribution in [0.3, 0.4) is 0 Å². The highest BCUT2D eigenvalue weighted by Gasteiger charge is 2.35. The van der Waals surface area contributed by atoms with Crippen LogP contribution in [0.4, 0.5) is 0 Å². The van der Waals surface area contributed by atoms with Crippen molar-refractivity contribution in [1.82, 2.24) is 15.2 Å². The zero-order valence-electron chi connectivity index (χ0n) is 13.7. The van der Waals surface area contributed by atoms with Gasteiger partial charge in [-0.1, -0.05) is 13.8 Å². The molecule has 1 aliphatic heterocycles. The highest BCUT2D eigenvalue weighted by atomic mass is 32.2. The van der Waals surface area contributed by atoms with Gasteiger partial charge in [-0.2, -0.15) is 0 Å². The average Bonchev–Trinajstić information content (AvgIpc) is 3.03. The van der Waals surface area contributed by atoms with Gasteiger partial charge < -0.3 is 15.3 Å². The van der Waals surface area contributed by atoms with E-state index in [0.717, 1.165) is 6.42 Å². The van der Waals surface area contributed by atoms with Crippen molar-refractivity contribution in [2.24, 2.45) is 5.92 Å². The van der Waals surface area contributed by atoms with Crippen molar-refractivity contribution < 1.29 is 19.5 Å². The first-order valence-electron chi connectivity index (χ1n) is 7.76. The molecule has 1 fully saturated rings. The summed E-state index contributed by atoms with van der Waals surface area (Å²) in [5, 5.41) is 11.7. The highest BCUT2D eigenvalue weighted by molar-refractivity contribution is 7.99. The number of thioether (sulfide) groups is 1. The number of hydrogen-bond donors (Lipinski definition) is 2. The molecule has 1 aromatic heterocycles. The summed E-state index contributed by atoms with van der Waals surface area (Å²) in [6, 6.07) is 2.21. The van der Waals surface area contributed by atoms with Gasteiger partial charge in [0.25, 0.3) is 5.91 Å². The van der Waals surface area contributed by atoms with Gasteiger partial charge in [-0.15, -0.1) is 11.8 Å². The third-order valence-corrected chi connectivity index (χ3v) is 4.71. The van der Waals surface area contributed by atoms with Crippen LogP contribution in [0.5, 0.6) is 0 Å². The maximum atomic E-state index is 12.6. The lowest BCUT2D eigenvalue weighted by Gasteiger charge is -2.23. The van der Waals surface area contributed by atoms with Crippen LogP contribution >= 0.6 is 11.8 Å². The maximum Gasteiger partial charge on any atom is 0.354 e. The van der Waals surface area contributed by atoms with Crippen LogP contribution < -0.4 is 5.32 Å². The number of nitrogens with zero attached hydrogens (tertiary/aromatic N) is 2. The summed E-state index contributed by atoms with van der Waals surface area (Å²) in [5.41, 5.74) is 0.160. The molecule has 0 radical (unpaired) electrons. The van der Waals surface area contributed by atoms with Crippen molar-refractivity contribution in [3.63, 3.8) is 0 Å². The van der Waals surface area contributed by atoms with Crippen LogP contribution in [-0.4, -0.2) is 57.0 Å². The number of carboxylic acid groups (broad SMARTS) is 1. The lowest BCUT2D eigenvalue weighted by Crippen LogP contribution is -2.47. The SMILES string of the molecule is CC(C)CCNC(=O)C1CSCN1C(=O)c1ccc(C(=O)O)nc1. The van der Waals surface area contributed by atoms with Crippen molar-refractivity contribution in [2.75, 3.05) is 18.2 Å². The fourth-order valence-electron chi connectivity index (χ4n) is 2.27. The van der Waals surface area contributed by atoms with Crippen LogP contribution in [-0.2, 0) is 4.79 Å². The molecule has 0 spiro atoms. The number of carboxylic acids is 1. The molecular formula is C16H21N3O4S. The Morgan fingerprint density at radius 1 is 1.42 bits per heavy atom. The largest absolute Gasteiger partial charge is 0.477 e. The van der Waals surface area contributed by atoms with Crippen molar-refractivity contribution >= 4 is 29.5 Å². The van der Waals surface area contributed by atoms with E-state index in [9.17, 15) is 14.4 Å². The Balaban J connectivity index is 2.02. The minimum atomic E-state index is -1.15. The summed E-state index contributed by atoms with van der Waals surface area (Å²) in [6.45, 7) is 4.76. The molecule has 2 heterocycles. The van der Waals surface area contributed by atoms with E-state index in [0.29, 0.717) is 24.1 Å². The molecule has 2 amide bonds. The molecule has 2 rings (SSSR count). The van der Waals surface area contributed by atoms with Gasteiger partial charge in [0.05, 0.1) is 11.4 Å². The summed E-state index contributed by atoms with van der Waals surface area (Å²) in [7, 11) is 0. The smallest absolute Gasteiger partial charge is 0.354 e. The second-order valence-electron chi connectivity index (χ2n) is 6.00. The van der Waals surface area contributed by atoms with E-state index in [-0.39, 0.29) is 23.1 Å². The lowest BCUT2D eigenvalue weighted by molar-refractivity contribution is -0.124. The number of nitrogens with one attached hydrogen (secondary N) is 1. The first-order valence-corrected chi connectivity index (χ1v) is 8.91. The Labute approximate surface area is 144 Å². The van der Waals surface area contributed by atoms with Gasteiger partial charge >= 0.3 is 5.97 Å². The van der Waals surface area contributed by atoms with E-state index in [2.05, 4.69) is 24.1 Å². The van der Waals surface area contributed by atoms with Gasteiger partial charge in [-0.05, 0) is 24.5 Å². The zero-order chi connectivity index (χ0) is 17.7. The van der Waals surface area contributed by atoms with E-state index >= 15 is 0 Å². The van der Waals surface area contributed by atoms with Gasteiger partial charge in [-0.25, -0.2) is 9.78 Å². The van der Waals surface area contributed by atoms with Crippen LogP contribution in [0.1, 0.15) is 41.1 Å². The third kappa shape index (κ3) is 4.47. The summed E-state index contributed by atoms with van der Waals surface area (Å²) >= 11 is 1.52. The molecule has 130 valence electrons. The molecule has 1 aromatic rings. The number of aromatic nitrogens is 1. The van der Waals surface area contributed by atoms with E-state index in [1.165, 1.54) is 35.0 Å². The molecule has 0 saturated carbocycles. The first-order chi connectivity index (χ1) is 11.4. The number of rotatable bonds is 6. The molecule has 8 heteroatoms. The summed E-state index contributed by atoms with van der Waals surface area (Å²) in [4.78, 5) is 41.0. The standard InChI is InChI=1S/C16H21N3O4S/c1-10(2)5-6-17-14(20)13-8-24-9-19(13)15(21)11-3-4-12(16(22)23)18-7-11/h3-4,7,10,13H,5-6,8-9H2,1-2H3,(H,17,20)(H,22,23). The summed E-state index contributed by atoms with van der Waals surface area (Å²) in [6.07, 6.45) is 2.13. The zero-order valence-corrected chi connectivity index (χ0v) is 14.5. The monoisotopic (exact) mass is 351 g/mol. The number of carbonyl (C=O) groups excluding carboxylic acids is 2. The van der Waals surface area contributed by atoms with Gasteiger partial charge in [0.2, 0.25) is 5.91 Å². The Bertz CT molecular complexity index is 618. The molecule has 1 aliphatic rings. The van der Waals surface area contributed by atoms with Crippen molar-refractivity contribution in [3.8, 4) is 0 Å². The van der Waals surface area contributed by atoms with Crippen molar-refractivity contribution in [2.45, 2.75) is 26.3 Å². The molecule has 7 nitrogen and oxygen atoms in total. The normalized spacial score (nSPS) is 17.1. The molecule has 0 aliphatic carbocycles. The Morgan fingerprint density at radius 2 is 2.17 bits per heavy atom. The third-order valence-electron chi connectivity index (χ3n) is 3.70. The first kappa shape index (κ1) is 18.3. The van der Waals surface area contributed by atoms with Crippen LogP contribution in [0.15, 0.2) is 18.3 Å². The second-order valence-corrected chi connectivity index (χ2v) is 7.00. The fourth-order valence-corrected chi connectivity index (χ4v) is 3.43. The van der Waals surface area contributed by atoms with Gasteiger partial charge in [0, 0.05) is 18.5 Å². The minimum Gasteiger partial charge on any atom is -0.477 e. The molecule has 1 unspecified atom stereocenters. The molecule has 0 bridgehead atoms. The summed E-state index contributed by atoms with van der Waals surface area (Å²) < 4.78 is 0. The molecular weight excluding hydrogens is 330 g/mol. The van der Waals surface area contributed by atoms with Gasteiger partial charge in [0.1, 0.15) is 11.7 Å². The number of hydrogen-bond acceptors (Lipinski definition) is 5.